The highest BCUT2D eigenvalue weighted by Gasteiger charge is 2.24. The van der Waals surface area contributed by atoms with Crippen molar-refractivity contribution in [1.82, 2.24) is 0 Å². The molecule has 1 aliphatic rings. The first-order valence-electron chi connectivity index (χ1n) is 3.98. The van der Waals surface area contributed by atoms with Crippen molar-refractivity contribution in [1.29, 1.82) is 0 Å². The maximum atomic E-state index is 11.6. The van der Waals surface area contributed by atoms with Crippen LogP contribution in [-0.4, -0.2) is 20.8 Å². The second kappa shape index (κ2) is 3.39. The highest BCUT2D eigenvalue weighted by molar-refractivity contribution is 7.90. The van der Waals surface area contributed by atoms with Gasteiger partial charge >= 0.3 is 0 Å². The molecule has 5 nitrogen and oxygen atoms in total. The van der Waals surface area contributed by atoms with Crippen LogP contribution in [0.25, 0.3) is 0 Å². The number of rotatable bonds is 1. The molecular weight excluding hydrogens is 240 g/mol. The fourth-order valence-corrected chi connectivity index (χ4v) is 2.63. The summed E-state index contributed by atoms with van der Waals surface area (Å²) >= 11 is 5.53. The molecule has 0 bridgehead atoms. The first-order chi connectivity index (χ1) is 7.03. The Hall–Kier alpha value is -1.27. The Kier molecular flexibility index (Phi) is 2.32. The monoisotopic (exact) mass is 246 g/mol. The van der Waals surface area contributed by atoms with Crippen LogP contribution in [0.2, 0.25) is 0 Å². The Bertz CT molecular complexity index is 539. The average molecular weight is 247 g/mol. The Morgan fingerprint density at radius 1 is 1.47 bits per heavy atom. The van der Waals surface area contributed by atoms with Gasteiger partial charge in [-0.15, -0.1) is 4.40 Å². The zero-order valence-electron chi connectivity index (χ0n) is 7.69. The number of nitrogens with zero attached hydrogens (tertiary/aromatic N) is 1. The van der Waals surface area contributed by atoms with Crippen LogP contribution in [-0.2, 0) is 10.0 Å². The van der Waals surface area contributed by atoms with E-state index in [1.54, 1.807) is 12.1 Å². The van der Waals surface area contributed by atoms with E-state index in [1.165, 1.54) is 13.2 Å². The van der Waals surface area contributed by atoms with Gasteiger partial charge in [0.05, 0.1) is 12.8 Å². The SMILES string of the molecule is COc1ccc2c(c1)S(=O)(=O)N=C(Cl)N2. The number of nitrogens with one attached hydrogen (secondary N) is 1. The van der Waals surface area contributed by atoms with Crippen LogP contribution < -0.4 is 10.1 Å². The van der Waals surface area contributed by atoms with E-state index < -0.39 is 10.0 Å². The summed E-state index contributed by atoms with van der Waals surface area (Å²) in [5, 5.41) is 2.49. The number of anilines is 1. The van der Waals surface area contributed by atoms with Crippen molar-refractivity contribution in [2.45, 2.75) is 4.90 Å². The summed E-state index contributed by atoms with van der Waals surface area (Å²) in [6.07, 6.45) is 0. The van der Waals surface area contributed by atoms with Gasteiger partial charge in [0.2, 0.25) is 5.29 Å². The van der Waals surface area contributed by atoms with Crippen molar-refractivity contribution in [3.8, 4) is 5.75 Å². The van der Waals surface area contributed by atoms with E-state index in [1.807, 2.05) is 0 Å². The quantitative estimate of drug-likeness (QED) is 0.761. The third-order valence-electron chi connectivity index (χ3n) is 1.90. The van der Waals surface area contributed by atoms with Crippen LogP contribution in [0.15, 0.2) is 27.5 Å². The van der Waals surface area contributed by atoms with Gasteiger partial charge in [-0.25, -0.2) is 0 Å². The van der Waals surface area contributed by atoms with Crippen molar-refractivity contribution in [2.24, 2.45) is 4.40 Å². The van der Waals surface area contributed by atoms with E-state index in [-0.39, 0.29) is 10.2 Å². The fourth-order valence-electron chi connectivity index (χ4n) is 1.23. The molecule has 0 amide bonds. The van der Waals surface area contributed by atoms with E-state index >= 15 is 0 Å². The minimum Gasteiger partial charge on any atom is -0.497 e. The number of ether oxygens (including phenoxy) is 1. The van der Waals surface area contributed by atoms with Gasteiger partial charge in [0.1, 0.15) is 10.6 Å². The molecule has 0 fully saturated rings. The van der Waals surface area contributed by atoms with Crippen molar-refractivity contribution in [2.75, 3.05) is 12.4 Å². The van der Waals surface area contributed by atoms with Crippen molar-refractivity contribution in [3.63, 3.8) is 0 Å². The molecule has 1 aromatic rings. The molecule has 1 heterocycles. The van der Waals surface area contributed by atoms with Crippen molar-refractivity contribution >= 4 is 32.6 Å². The lowest BCUT2D eigenvalue weighted by molar-refractivity contribution is 0.413. The number of sulfonamides is 1. The number of fused-ring (bicyclic) bond motifs is 1. The molecule has 0 aliphatic carbocycles. The Labute approximate surface area is 91.8 Å². The number of methoxy groups -OCH3 is 1. The maximum Gasteiger partial charge on any atom is 0.287 e. The van der Waals surface area contributed by atoms with Gasteiger partial charge in [-0.1, -0.05) is 0 Å². The molecule has 0 aromatic heterocycles. The third kappa shape index (κ3) is 1.78. The smallest absolute Gasteiger partial charge is 0.287 e. The summed E-state index contributed by atoms with van der Waals surface area (Å²) in [6.45, 7) is 0. The van der Waals surface area contributed by atoms with Gasteiger partial charge in [-0.3, -0.25) is 0 Å². The Morgan fingerprint density at radius 3 is 2.87 bits per heavy atom. The van der Waals surface area contributed by atoms with E-state index in [4.69, 9.17) is 16.3 Å². The van der Waals surface area contributed by atoms with Gasteiger partial charge in [-0.2, -0.15) is 8.42 Å². The molecule has 15 heavy (non-hydrogen) atoms. The van der Waals surface area contributed by atoms with Crippen LogP contribution in [0.5, 0.6) is 5.75 Å². The van der Waals surface area contributed by atoms with Crippen LogP contribution in [0.3, 0.4) is 0 Å². The standard InChI is InChI=1S/C8H7ClN2O3S/c1-14-5-2-3-6-7(4-5)15(12,13)11-8(9)10-6/h2-4H,1H3,(H,10,11). The molecular formula is C8H7ClN2O3S. The lowest BCUT2D eigenvalue weighted by Crippen LogP contribution is -2.16. The molecule has 0 radical (unpaired) electrons. The minimum absolute atomic E-state index is 0.0613. The number of benzene rings is 1. The largest absolute Gasteiger partial charge is 0.497 e. The Balaban J connectivity index is 2.65. The molecule has 80 valence electrons. The lowest BCUT2D eigenvalue weighted by atomic mass is 10.3. The van der Waals surface area contributed by atoms with Crippen LogP contribution in [0.4, 0.5) is 5.69 Å². The molecule has 1 aliphatic heterocycles. The summed E-state index contributed by atoms with van der Waals surface area (Å²) in [6, 6.07) is 4.60. The summed E-state index contributed by atoms with van der Waals surface area (Å²) in [4.78, 5) is 0.0613. The van der Waals surface area contributed by atoms with E-state index in [9.17, 15) is 8.42 Å². The number of hydrogen-bond acceptors (Lipinski definition) is 4. The Morgan fingerprint density at radius 2 is 2.20 bits per heavy atom. The van der Waals surface area contributed by atoms with Gasteiger partial charge in [0, 0.05) is 6.07 Å². The second-order valence-corrected chi connectivity index (χ2v) is 4.77. The van der Waals surface area contributed by atoms with E-state index in [2.05, 4.69) is 9.71 Å². The van der Waals surface area contributed by atoms with Crippen LogP contribution in [0.1, 0.15) is 0 Å². The summed E-state index contributed by atoms with van der Waals surface area (Å²) in [5.74, 6) is 0.451. The van der Waals surface area contributed by atoms with Gasteiger partial charge in [0.15, 0.2) is 0 Å². The first-order valence-corrected chi connectivity index (χ1v) is 5.80. The molecule has 1 aromatic carbocycles. The maximum absolute atomic E-state index is 11.6. The second-order valence-electron chi connectivity index (χ2n) is 2.84. The zero-order valence-corrected chi connectivity index (χ0v) is 9.26. The zero-order chi connectivity index (χ0) is 11.1. The van der Waals surface area contributed by atoms with Crippen LogP contribution in [0, 0.1) is 0 Å². The molecule has 2 rings (SSSR count). The molecule has 1 N–H and O–H groups in total. The number of hydrogen-bond donors (Lipinski definition) is 1. The molecule has 0 saturated heterocycles. The van der Waals surface area contributed by atoms with Crippen molar-refractivity contribution in [3.05, 3.63) is 18.2 Å². The molecule has 0 saturated carbocycles. The number of halogens is 1. The molecule has 0 spiro atoms. The lowest BCUT2D eigenvalue weighted by Gasteiger charge is -2.15. The first kappa shape index (κ1) is 10.3. The third-order valence-corrected chi connectivity index (χ3v) is 3.50. The van der Waals surface area contributed by atoms with Crippen LogP contribution >= 0.6 is 11.6 Å². The summed E-state index contributed by atoms with van der Waals surface area (Å²) < 4.78 is 31.4. The summed E-state index contributed by atoms with van der Waals surface area (Å²) in [5.41, 5.74) is 0.399. The fraction of sp³-hybridized carbons (Fsp3) is 0.125. The van der Waals surface area contributed by atoms with Gasteiger partial charge in [-0.05, 0) is 23.7 Å². The highest BCUT2D eigenvalue weighted by Crippen LogP contribution is 2.31. The summed E-state index contributed by atoms with van der Waals surface area (Å²) in [7, 11) is -2.25. The normalized spacial score (nSPS) is 17.3. The van der Waals surface area contributed by atoms with E-state index in [0.717, 1.165) is 0 Å². The predicted octanol–water partition coefficient (Wildman–Crippen LogP) is 1.40. The van der Waals surface area contributed by atoms with Gasteiger partial charge < -0.3 is 10.1 Å². The van der Waals surface area contributed by atoms with E-state index in [0.29, 0.717) is 11.4 Å². The van der Waals surface area contributed by atoms with Gasteiger partial charge in [0.25, 0.3) is 10.0 Å². The number of amidine groups is 1. The highest BCUT2D eigenvalue weighted by atomic mass is 35.5. The minimum atomic E-state index is -3.71. The molecule has 0 atom stereocenters. The average Bonchev–Trinajstić information content (AvgIpc) is 2.16. The molecule has 7 heteroatoms. The van der Waals surface area contributed by atoms with Crippen molar-refractivity contribution < 1.29 is 13.2 Å². The predicted molar refractivity (Wildman–Crippen MR) is 57.1 cm³/mol. The molecule has 0 unspecified atom stereocenters. The topological polar surface area (TPSA) is 67.8 Å².